The number of aromatic amines is 1. The van der Waals surface area contributed by atoms with Gasteiger partial charge in [-0.3, -0.25) is 33.5 Å². The lowest BCUT2D eigenvalue weighted by molar-refractivity contribution is -0.322. The van der Waals surface area contributed by atoms with Crippen LogP contribution < -0.4 is 5.32 Å². The second kappa shape index (κ2) is 15.3. The van der Waals surface area contributed by atoms with Gasteiger partial charge < -0.3 is 25.4 Å². The molecule has 0 bridgehead atoms. The smallest absolute Gasteiger partial charge is 0.281 e. The number of aliphatic hydroxyl groups is 2. The predicted molar refractivity (Wildman–Crippen MR) is 203 cm³/mol. The number of aromatic nitrogens is 1. The summed E-state index contributed by atoms with van der Waals surface area (Å²) < 4.78 is 33.3. The Morgan fingerprint density at radius 2 is 1.85 bits per heavy atom. The Kier molecular flexibility index (Phi) is 12.0. The summed E-state index contributed by atoms with van der Waals surface area (Å²) in [4.78, 5) is 50.8. The van der Waals surface area contributed by atoms with Gasteiger partial charge in [0.05, 0.1) is 22.9 Å². The van der Waals surface area contributed by atoms with E-state index in [1.807, 2.05) is 33.0 Å². The summed E-state index contributed by atoms with van der Waals surface area (Å²) in [7, 11) is -1.64. The Morgan fingerprint density at radius 3 is 2.43 bits per heavy atom. The van der Waals surface area contributed by atoms with Crippen LogP contribution in [0.1, 0.15) is 71.4 Å². The van der Waals surface area contributed by atoms with E-state index >= 15 is 0 Å². The van der Waals surface area contributed by atoms with Crippen molar-refractivity contribution in [1.29, 1.82) is 0 Å². The number of ether oxygens (including phenoxy) is 1. The average molecular weight is 824 g/mol. The van der Waals surface area contributed by atoms with Crippen LogP contribution in [0.2, 0.25) is 0 Å². The van der Waals surface area contributed by atoms with Crippen molar-refractivity contribution in [3.63, 3.8) is 0 Å². The van der Waals surface area contributed by atoms with E-state index in [0.29, 0.717) is 38.6 Å². The molecule has 0 saturated carbocycles. The Balaban J connectivity index is 0.000000481. The van der Waals surface area contributed by atoms with Crippen molar-refractivity contribution < 1.29 is 42.3 Å². The number of carbonyl (C=O) groups excluding carboxylic acids is 3. The third-order valence-corrected chi connectivity index (χ3v) is 11.3. The Morgan fingerprint density at radius 1 is 1.21 bits per heavy atom. The molecule has 7 rings (SSSR count). The molecule has 1 aromatic carbocycles. The number of benzene rings is 1. The molecule has 5 heterocycles. The summed E-state index contributed by atoms with van der Waals surface area (Å²) >= 11 is 3.70. The number of fused-ring (bicyclic) bond motifs is 5. The van der Waals surface area contributed by atoms with Crippen LogP contribution in [-0.2, 0) is 35.7 Å². The van der Waals surface area contributed by atoms with Crippen molar-refractivity contribution in [1.82, 2.24) is 25.0 Å². The normalized spacial score (nSPS) is 29.9. The van der Waals surface area contributed by atoms with E-state index in [0.717, 1.165) is 34.1 Å². The van der Waals surface area contributed by atoms with E-state index in [1.165, 1.54) is 15.8 Å². The van der Waals surface area contributed by atoms with Crippen LogP contribution in [0.25, 0.3) is 16.5 Å². The molecular formula is C37H53BrN5O9S. The van der Waals surface area contributed by atoms with Gasteiger partial charge in [-0.15, -0.1) is 0 Å². The number of halogens is 1. The monoisotopic (exact) mass is 822 g/mol. The number of carbonyl (C=O) groups is 3. The highest BCUT2D eigenvalue weighted by molar-refractivity contribution is 9.10. The summed E-state index contributed by atoms with van der Waals surface area (Å²) in [5, 5.41) is 24.6. The van der Waals surface area contributed by atoms with Gasteiger partial charge in [-0.2, -0.15) is 8.42 Å². The summed E-state index contributed by atoms with van der Waals surface area (Å²) in [6.07, 6.45) is 5.59. The molecule has 2 aromatic rings. The quantitative estimate of drug-likeness (QED) is 0.270. The summed E-state index contributed by atoms with van der Waals surface area (Å²) in [5.74, 6) is -4.01. The fourth-order valence-electron chi connectivity index (χ4n) is 8.15. The Labute approximate surface area is 320 Å². The lowest BCUT2D eigenvalue weighted by Crippen LogP contribution is -2.71. The van der Waals surface area contributed by atoms with Crippen LogP contribution >= 0.6 is 15.9 Å². The van der Waals surface area contributed by atoms with Crippen molar-refractivity contribution in [3.8, 4) is 0 Å². The van der Waals surface area contributed by atoms with E-state index in [9.17, 15) is 27.9 Å². The number of hydrogen-bond donors (Lipinski definition) is 5. The summed E-state index contributed by atoms with van der Waals surface area (Å²) in [6.45, 7) is 13.7. The molecule has 16 heteroatoms. The van der Waals surface area contributed by atoms with Crippen LogP contribution in [0.15, 0.2) is 28.9 Å². The van der Waals surface area contributed by atoms with Gasteiger partial charge in [-0.05, 0) is 90.7 Å². The second-order valence-electron chi connectivity index (χ2n) is 15.6. The number of rotatable bonds is 6. The second-order valence-corrected chi connectivity index (χ2v) is 17.8. The Bertz CT molecular complexity index is 1870. The molecule has 3 fully saturated rings. The van der Waals surface area contributed by atoms with E-state index in [4.69, 9.17) is 14.4 Å². The highest BCUT2D eigenvalue weighted by Gasteiger charge is 2.72. The van der Waals surface area contributed by atoms with E-state index in [1.54, 1.807) is 25.7 Å². The summed E-state index contributed by atoms with van der Waals surface area (Å²) in [5.41, 5.74) is 2.68. The van der Waals surface area contributed by atoms with E-state index in [-0.39, 0.29) is 29.9 Å². The zero-order chi connectivity index (χ0) is 39.4. The molecule has 293 valence electrons. The van der Waals surface area contributed by atoms with Crippen LogP contribution in [0.5, 0.6) is 0 Å². The van der Waals surface area contributed by atoms with Gasteiger partial charge >= 0.3 is 0 Å². The van der Waals surface area contributed by atoms with Crippen molar-refractivity contribution in [2.75, 3.05) is 26.4 Å². The standard InChI is InChI=1S/C32H40BrN5O5.C4H9O.CH4O3S/c1-16(2)12-24-29(40)37-11-7-10-25(37)32(42)38(24)30(41)31(43-32,17(3)4)35-28(39)18-13-20-19-8-6-9-22-26(19)21(27(33)34-22)14-23(20)36(5)15-18;1-3-4(2)5;1-5(2,3)4/h6,8-9,13,16-18,23-25,34,42H,7,10-12,14-15H2,1-5H3,(H,35,39);4-5H,1,3H2,2H3;1H3,(H,2,3,4)/t18-,23-,24+,25+,31-,32+;;/m1../s1. The predicted octanol–water partition coefficient (Wildman–Crippen LogP) is 3.29. The number of piperazine rings is 1. The number of amides is 3. The van der Waals surface area contributed by atoms with Crippen molar-refractivity contribution in [3.05, 3.63) is 46.9 Å². The molecule has 0 spiro atoms. The van der Waals surface area contributed by atoms with Gasteiger partial charge in [0.1, 0.15) is 12.1 Å². The zero-order valence-corrected chi connectivity index (χ0v) is 33.8. The highest BCUT2D eigenvalue weighted by atomic mass is 79.9. The van der Waals surface area contributed by atoms with E-state index in [2.05, 4.69) is 50.2 Å². The molecule has 3 saturated heterocycles. The lowest BCUT2D eigenvalue weighted by Gasteiger charge is -2.49. The first kappa shape index (κ1) is 41.3. The first-order valence-corrected chi connectivity index (χ1v) is 20.8. The van der Waals surface area contributed by atoms with Gasteiger partial charge in [-0.25, -0.2) is 0 Å². The maximum Gasteiger partial charge on any atom is 0.281 e. The lowest BCUT2D eigenvalue weighted by atomic mass is 9.79. The maximum absolute atomic E-state index is 14.4. The van der Waals surface area contributed by atoms with Gasteiger partial charge in [0, 0.05) is 36.0 Å². The fourth-order valence-corrected chi connectivity index (χ4v) is 8.72. The third-order valence-electron chi connectivity index (χ3n) is 10.7. The van der Waals surface area contributed by atoms with Gasteiger partial charge in [0.25, 0.3) is 21.9 Å². The number of nitrogens with one attached hydrogen (secondary N) is 2. The SMILES string of the molecule is CC(C)C[C@H]1C(=O)N2CCC[C@H]2[C@]2(O)O[C@](NC(=O)[C@@H]3C=C4c5cccc6[nH]c(Br)c(c56)C[C@H]4N(C)C3)(C(C)C)C(=O)N12.CS(=O)(=O)O.[CH2]CC(C)O. The number of nitrogens with zero attached hydrogens (tertiary/aromatic N) is 3. The number of likely N-dealkylation sites (N-methyl/N-ethyl adjacent to an activating group) is 1. The van der Waals surface area contributed by atoms with Crippen LogP contribution in [0.3, 0.4) is 0 Å². The number of H-pyrrole nitrogens is 1. The summed E-state index contributed by atoms with van der Waals surface area (Å²) in [6, 6.07) is 4.76. The van der Waals surface area contributed by atoms with Crippen molar-refractivity contribution in [2.24, 2.45) is 17.8 Å². The largest absolute Gasteiger partial charge is 0.393 e. The molecular weight excluding hydrogens is 770 g/mol. The first-order chi connectivity index (χ1) is 24.6. The minimum atomic E-state index is -3.67. The van der Waals surface area contributed by atoms with Crippen LogP contribution in [-0.4, -0.2) is 123 Å². The van der Waals surface area contributed by atoms with Gasteiger partial charge in [0.2, 0.25) is 17.5 Å². The topological polar surface area (TPSA) is 193 Å². The maximum atomic E-state index is 14.4. The molecule has 1 radical (unpaired) electrons. The van der Waals surface area contributed by atoms with E-state index < -0.39 is 51.6 Å². The Hall–Kier alpha value is -2.86. The molecule has 7 atom stereocenters. The van der Waals surface area contributed by atoms with Crippen LogP contribution in [0.4, 0.5) is 0 Å². The minimum absolute atomic E-state index is 0.104. The minimum Gasteiger partial charge on any atom is -0.393 e. The molecule has 14 nitrogen and oxygen atoms in total. The molecule has 5 aliphatic rings. The van der Waals surface area contributed by atoms with Crippen LogP contribution in [0, 0.1) is 24.7 Å². The molecule has 3 amide bonds. The average Bonchev–Trinajstić information content (AvgIpc) is 3.74. The molecule has 1 unspecified atom stereocenters. The number of aliphatic hydroxyl groups excluding tert-OH is 1. The molecule has 53 heavy (non-hydrogen) atoms. The van der Waals surface area contributed by atoms with Gasteiger partial charge in [-0.1, -0.05) is 52.8 Å². The van der Waals surface area contributed by atoms with Gasteiger partial charge in [0.15, 0.2) is 0 Å². The molecule has 1 aliphatic carbocycles. The van der Waals surface area contributed by atoms with Crippen molar-refractivity contribution in [2.45, 2.75) is 103 Å². The molecule has 1 aromatic heterocycles. The number of hydrogen-bond acceptors (Lipinski definition) is 9. The zero-order valence-electron chi connectivity index (χ0n) is 31.4. The first-order valence-electron chi connectivity index (χ1n) is 18.1. The molecule has 4 aliphatic heterocycles. The van der Waals surface area contributed by atoms with Crippen molar-refractivity contribution >= 4 is 60.2 Å². The fraction of sp³-hybridized carbons (Fsp3) is 0.622. The highest BCUT2D eigenvalue weighted by Crippen LogP contribution is 2.49. The molecule has 5 N–H and O–H groups in total. The third kappa shape index (κ3) is 7.82.